The average molecular weight is 346 g/mol. The lowest BCUT2D eigenvalue weighted by Gasteiger charge is -2.24. The van der Waals surface area contributed by atoms with Gasteiger partial charge in [-0.3, -0.25) is 0 Å². The quantitative estimate of drug-likeness (QED) is 0.786. The molecule has 0 spiro atoms. The highest BCUT2D eigenvalue weighted by Crippen LogP contribution is 2.29. The standard InChI is InChI=1S/C20H27NO2S/c1-17-11-13-20(14-12-17)24(22,23)21-16-18-9-7-5-3-2-4-6-8-10-19(21)15-18/h7,9,11-15,19H,2-6,8,10,16H2,1H3/b9-7-. The molecule has 0 amide bonds. The molecule has 0 saturated carbocycles. The highest BCUT2D eigenvalue weighted by atomic mass is 32.2. The number of benzene rings is 1. The van der Waals surface area contributed by atoms with Crippen LogP contribution in [-0.2, 0) is 10.0 Å². The topological polar surface area (TPSA) is 37.4 Å². The largest absolute Gasteiger partial charge is 0.243 e. The maximum atomic E-state index is 13.1. The molecule has 0 saturated heterocycles. The van der Waals surface area contributed by atoms with Crippen LogP contribution >= 0.6 is 0 Å². The Morgan fingerprint density at radius 1 is 1.00 bits per heavy atom. The number of fused-ring (bicyclic) bond motifs is 1. The van der Waals surface area contributed by atoms with E-state index in [-0.39, 0.29) is 6.04 Å². The minimum atomic E-state index is -3.44. The molecule has 2 aliphatic rings. The smallest absolute Gasteiger partial charge is 0.207 e. The van der Waals surface area contributed by atoms with E-state index in [9.17, 15) is 8.42 Å². The molecule has 130 valence electrons. The molecule has 0 N–H and O–H groups in total. The molecular formula is C20H27NO2S. The minimum absolute atomic E-state index is 0.00428. The van der Waals surface area contributed by atoms with Crippen LogP contribution in [0.4, 0.5) is 0 Å². The summed E-state index contributed by atoms with van der Waals surface area (Å²) in [5.41, 5.74) is 2.21. The lowest BCUT2D eigenvalue weighted by molar-refractivity contribution is 0.382. The zero-order valence-corrected chi connectivity index (χ0v) is 15.3. The molecule has 24 heavy (non-hydrogen) atoms. The minimum Gasteiger partial charge on any atom is -0.207 e. The second kappa shape index (κ2) is 7.66. The summed E-state index contributed by atoms with van der Waals surface area (Å²) in [4.78, 5) is 0.404. The van der Waals surface area contributed by atoms with Gasteiger partial charge in [0.25, 0.3) is 0 Å². The van der Waals surface area contributed by atoms with Gasteiger partial charge >= 0.3 is 0 Å². The Morgan fingerprint density at radius 3 is 2.50 bits per heavy atom. The Morgan fingerprint density at radius 2 is 1.71 bits per heavy atom. The first-order chi connectivity index (χ1) is 11.6. The highest BCUT2D eigenvalue weighted by Gasteiger charge is 2.34. The van der Waals surface area contributed by atoms with E-state index in [1.807, 2.05) is 19.1 Å². The molecule has 3 rings (SSSR count). The normalized spacial score (nSPS) is 24.7. The van der Waals surface area contributed by atoms with Gasteiger partial charge in [-0.1, -0.05) is 61.6 Å². The van der Waals surface area contributed by atoms with Crippen molar-refractivity contribution >= 4 is 10.0 Å². The number of rotatable bonds is 2. The molecule has 0 fully saturated rings. The fourth-order valence-corrected chi connectivity index (χ4v) is 5.10. The lowest BCUT2D eigenvalue weighted by Crippen LogP contribution is -2.36. The molecule has 2 bridgehead atoms. The number of hydrogen-bond donors (Lipinski definition) is 0. The van der Waals surface area contributed by atoms with Crippen LogP contribution in [-0.4, -0.2) is 25.3 Å². The van der Waals surface area contributed by atoms with E-state index in [2.05, 4.69) is 18.2 Å². The Balaban J connectivity index is 1.85. The van der Waals surface area contributed by atoms with E-state index in [1.54, 1.807) is 16.4 Å². The second-order valence-electron chi connectivity index (χ2n) is 6.92. The van der Waals surface area contributed by atoms with Crippen LogP contribution < -0.4 is 0 Å². The van der Waals surface area contributed by atoms with Crippen LogP contribution in [0.25, 0.3) is 0 Å². The highest BCUT2D eigenvalue weighted by molar-refractivity contribution is 7.89. The van der Waals surface area contributed by atoms with Gasteiger partial charge in [-0.15, -0.1) is 0 Å². The summed E-state index contributed by atoms with van der Waals surface area (Å²) in [6.07, 6.45) is 14.5. The van der Waals surface area contributed by atoms with Gasteiger partial charge in [-0.2, -0.15) is 4.31 Å². The average Bonchev–Trinajstić information content (AvgIpc) is 2.96. The molecule has 1 aliphatic heterocycles. The van der Waals surface area contributed by atoms with Crippen molar-refractivity contribution < 1.29 is 8.42 Å². The van der Waals surface area contributed by atoms with Crippen LogP contribution in [0.3, 0.4) is 0 Å². The summed E-state index contributed by atoms with van der Waals surface area (Å²) in [5, 5.41) is 0. The predicted molar refractivity (Wildman–Crippen MR) is 98.4 cm³/mol. The third-order valence-corrected chi connectivity index (χ3v) is 6.83. The summed E-state index contributed by atoms with van der Waals surface area (Å²) in [6, 6.07) is 7.19. The third-order valence-electron chi connectivity index (χ3n) is 4.94. The Hall–Kier alpha value is -1.39. The van der Waals surface area contributed by atoms with Gasteiger partial charge in [-0.25, -0.2) is 8.42 Å². The zero-order chi connectivity index (χ0) is 17.0. The van der Waals surface area contributed by atoms with Gasteiger partial charge < -0.3 is 0 Å². The van der Waals surface area contributed by atoms with Crippen LogP contribution in [0.15, 0.2) is 53.0 Å². The molecule has 1 heterocycles. The van der Waals surface area contributed by atoms with Crippen molar-refractivity contribution in [2.24, 2.45) is 0 Å². The van der Waals surface area contributed by atoms with E-state index in [0.29, 0.717) is 11.4 Å². The van der Waals surface area contributed by atoms with Crippen molar-refractivity contribution in [3.63, 3.8) is 0 Å². The van der Waals surface area contributed by atoms with Crippen molar-refractivity contribution in [3.05, 3.63) is 53.6 Å². The summed E-state index contributed by atoms with van der Waals surface area (Å²) >= 11 is 0. The van der Waals surface area contributed by atoms with Gasteiger partial charge in [0.1, 0.15) is 0 Å². The van der Waals surface area contributed by atoms with E-state index in [1.165, 1.54) is 25.7 Å². The monoisotopic (exact) mass is 345 g/mol. The molecule has 1 aromatic carbocycles. The number of allylic oxidation sites excluding steroid dienone is 1. The van der Waals surface area contributed by atoms with Crippen molar-refractivity contribution in [1.82, 2.24) is 4.31 Å². The fraction of sp³-hybridized carbons (Fsp3) is 0.500. The molecule has 1 atom stereocenters. The predicted octanol–water partition coefficient (Wildman–Crippen LogP) is 4.59. The van der Waals surface area contributed by atoms with Gasteiger partial charge in [0.15, 0.2) is 0 Å². The first kappa shape index (κ1) is 17.4. The molecule has 0 aromatic heterocycles. The van der Waals surface area contributed by atoms with Crippen molar-refractivity contribution in [3.8, 4) is 0 Å². The summed E-state index contributed by atoms with van der Waals surface area (Å²) in [6.45, 7) is 2.47. The molecule has 1 aromatic rings. The summed E-state index contributed by atoms with van der Waals surface area (Å²) in [5.74, 6) is 0. The van der Waals surface area contributed by atoms with E-state index < -0.39 is 10.0 Å². The van der Waals surface area contributed by atoms with Crippen LogP contribution in [0, 0.1) is 6.92 Å². The molecule has 4 heteroatoms. The Kier molecular flexibility index (Phi) is 5.57. The van der Waals surface area contributed by atoms with E-state index >= 15 is 0 Å². The van der Waals surface area contributed by atoms with Gasteiger partial charge in [0.05, 0.1) is 4.90 Å². The molecule has 1 aliphatic carbocycles. The number of sulfonamides is 1. The third kappa shape index (κ3) is 3.98. The van der Waals surface area contributed by atoms with Crippen molar-refractivity contribution in [1.29, 1.82) is 0 Å². The molecule has 0 radical (unpaired) electrons. The summed E-state index contributed by atoms with van der Waals surface area (Å²) < 4.78 is 27.9. The molecule has 1 unspecified atom stereocenters. The zero-order valence-electron chi connectivity index (χ0n) is 14.4. The van der Waals surface area contributed by atoms with Gasteiger partial charge in [0.2, 0.25) is 10.0 Å². The number of hydrogen-bond acceptors (Lipinski definition) is 2. The van der Waals surface area contributed by atoms with Gasteiger partial charge in [0, 0.05) is 12.6 Å². The lowest BCUT2D eigenvalue weighted by atomic mass is 10.0. The van der Waals surface area contributed by atoms with E-state index in [0.717, 1.165) is 30.4 Å². The van der Waals surface area contributed by atoms with E-state index in [4.69, 9.17) is 0 Å². The number of aryl methyl sites for hydroxylation is 1. The molecule has 3 nitrogen and oxygen atoms in total. The Labute approximate surface area is 146 Å². The number of nitrogens with zero attached hydrogens (tertiary/aromatic N) is 1. The van der Waals surface area contributed by atoms with Crippen molar-refractivity contribution in [2.75, 3.05) is 6.54 Å². The first-order valence-electron chi connectivity index (χ1n) is 9.03. The molecular weight excluding hydrogens is 318 g/mol. The first-order valence-corrected chi connectivity index (χ1v) is 10.5. The summed E-state index contributed by atoms with van der Waals surface area (Å²) in [7, 11) is -3.44. The second-order valence-corrected chi connectivity index (χ2v) is 8.81. The van der Waals surface area contributed by atoms with Crippen LogP contribution in [0.2, 0.25) is 0 Å². The van der Waals surface area contributed by atoms with Crippen LogP contribution in [0.5, 0.6) is 0 Å². The Bertz CT molecular complexity index is 717. The fourth-order valence-electron chi connectivity index (χ4n) is 3.51. The van der Waals surface area contributed by atoms with Crippen LogP contribution in [0.1, 0.15) is 50.5 Å². The van der Waals surface area contributed by atoms with Crippen molar-refractivity contribution in [2.45, 2.75) is 62.8 Å². The maximum Gasteiger partial charge on any atom is 0.243 e. The SMILES string of the molecule is Cc1ccc(S(=O)(=O)N2CC3=CC2CCCCCCC/C=C\3)cc1. The van der Waals surface area contributed by atoms with Gasteiger partial charge in [-0.05, 0) is 43.9 Å². The maximum absolute atomic E-state index is 13.1.